The molecule has 0 spiro atoms. The van der Waals surface area contributed by atoms with Gasteiger partial charge in [-0.25, -0.2) is 9.18 Å². The maximum Gasteiger partial charge on any atom is 0.238 e. The molecular formula is C10H10FNO3. The van der Waals surface area contributed by atoms with E-state index in [1.54, 1.807) is 0 Å². The van der Waals surface area contributed by atoms with Crippen LogP contribution in [0.3, 0.4) is 0 Å². The number of alkyl halides is 1. The van der Waals surface area contributed by atoms with Crippen molar-refractivity contribution in [1.82, 2.24) is 0 Å². The molecule has 0 bridgehead atoms. The van der Waals surface area contributed by atoms with Crippen molar-refractivity contribution in [3.05, 3.63) is 23.8 Å². The van der Waals surface area contributed by atoms with Gasteiger partial charge in [0, 0.05) is 0 Å². The zero-order chi connectivity index (χ0) is 11.5. The van der Waals surface area contributed by atoms with E-state index in [1.807, 2.05) is 0 Å². The second kappa shape index (κ2) is 4.11. The van der Waals surface area contributed by atoms with Crippen molar-refractivity contribution in [1.29, 1.82) is 0 Å². The number of aliphatic imine (C=N–C) groups is 1. The van der Waals surface area contributed by atoms with Crippen LogP contribution in [0, 0.1) is 0 Å². The molecule has 0 fully saturated rings. The third-order valence-corrected chi connectivity index (χ3v) is 1.93. The number of ether oxygens (including phenoxy) is 1. The number of phenols is 1. The summed E-state index contributed by atoms with van der Waals surface area (Å²) in [5, 5.41) is 9.20. The summed E-state index contributed by atoms with van der Waals surface area (Å²) in [6, 6.07) is 3.89. The lowest BCUT2D eigenvalue weighted by Crippen LogP contribution is -2.12. The summed E-state index contributed by atoms with van der Waals surface area (Å²) in [4.78, 5) is 13.1. The van der Waals surface area contributed by atoms with Crippen LogP contribution in [-0.2, 0) is 10.6 Å². The van der Waals surface area contributed by atoms with Gasteiger partial charge in [-0.05, 0) is 25.1 Å². The van der Waals surface area contributed by atoms with Crippen LogP contribution < -0.4 is 4.74 Å². The van der Waals surface area contributed by atoms with Crippen molar-refractivity contribution >= 4 is 6.08 Å². The van der Waals surface area contributed by atoms with Crippen molar-refractivity contribution in [2.75, 3.05) is 7.11 Å². The van der Waals surface area contributed by atoms with Gasteiger partial charge in [0.05, 0.1) is 12.7 Å². The third-order valence-electron chi connectivity index (χ3n) is 1.93. The lowest BCUT2D eigenvalue weighted by molar-refractivity contribution is 0.198. The molecule has 15 heavy (non-hydrogen) atoms. The fourth-order valence-corrected chi connectivity index (χ4v) is 1.20. The summed E-state index contributed by atoms with van der Waals surface area (Å²) < 4.78 is 18.7. The zero-order valence-corrected chi connectivity index (χ0v) is 8.32. The van der Waals surface area contributed by atoms with E-state index in [0.29, 0.717) is 0 Å². The first-order valence-electron chi connectivity index (χ1n) is 4.16. The maximum absolute atomic E-state index is 13.8. The highest BCUT2D eigenvalue weighted by Gasteiger charge is 2.29. The highest BCUT2D eigenvalue weighted by molar-refractivity contribution is 5.45. The molecule has 1 atom stereocenters. The van der Waals surface area contributed by atoms with Crippen molar-refractivity contribution in [2.45, 2.75) is 12.7 Å². The molecule has 0 aromatic heterocycles. The number of nitrogens with zero attached hydrogens (tertiary/aromatic N) is 1. The second-order valence-electron chi connectivity index (χ2n) is 3.04. The van der Waals surface area contributed by atoms with Crippen LogP contribution in [-0.4, -0.2) is 18.3 Å². The summed E-state index contributed by atoms with van der Waals surface area (Å²) in [5.74, 6) is -2.18. The molecule has 1 rings (SSSR count). The quantitative estimate of drug-likeness (QED) is 0.471. The largest absolute Gasteiger partial charge is 0.508 e. The number of hydrogen-bond donors (Lipinski definition) is 1. The average molecular weight is 211 g/mol. The van der Waals surface area contributed by atoms with Crippen LogP contribution in [0.25, 0.3) is 0 Å². The number of phenolic OH excluding ortho intramolecular Hbond substituents is 1. The highest BCUT2D eigenvalue weighted by atomic mass is 19.1. The van der Waals surface area contributed by atoms with Gasteiger partial charge in [0.25, 0.3) is 0 Å². The monoisotopic (exact) mass is 211 g/mol. The highest BCUT2D eigenvalue weighted by Crippen LogP contribution is 2.36. The van der Waals surface area contributed by atoms with Crippen molar-refractivity contribution in [2.24, 2.45) is 4.99 Å². The average Bonchev–Trinajstić information content (AvgIpc) is 2.17. The van der Waals surface area contributed by atoms with Gasteiger partial charge in [0.1, 0.15) is 11.5 Å². The zero-order valence-electron chi connectivity index (χ0n) is 8.32. The molecule has 0 heterocycles. The van der Waals surface area contributed by atoms with Gasteiger partial charge < -0.3 is 9.84 Å². The van der Waals surface area contributed by atoms with Gasteiger partial charge >= 0.3 is 0 Å². The Morgan fingerprint density at radius 2 is 2.27 bits per heavy atom. The molecule has 0 saturated carbocycles. The van der Waals surface area contributed by atoms with E-state index in [9.17, 15) is 14.3 Å². The SMILES string of the molecule is COc1ccc(O)cc1C(C)(F)N=C=O. The first-order chi connectivity index (χ1) is 7.01. The molecule has 1 aromatic carbocycles. The predicted molar refractivity (Wildman–Crippen MR) is 51.2 cm³/mol. The van der Waals surface area contributed by atoms with Gasteiger partial charge in [0.15, 0.2) is 0 Å². The standard InChI is InChI=1S/C10H10FNO3/c1-10(11,12-6-13)8-5-7(14)3-4-9(8)15-2/h3-5,14H,1-2H3. The normalized spacial score (nSPS) is 13.8. The van der Waals surface area contributed by atoms with Crippen molar-refractivity contribution in [3.8, 4) is 11.5 Å². The summed E-state index contributed by atoms with van der Waals surface area (Å²) in [7, 11) is 1.36. The van der Waals surface area contributed by atoms with Gasteiger partial charge in [-0.2, -0.15) is 4.99 Å². The molecule has 0 amide bonds. The topological polar surface area (TPSA) is 58.9 Å². The Morgan fingerprint density at radius 1 is 1.60 bits per heavy atom. The Balaban J connectivity index is 3.33. The van der Waals surface area contributed by atoms with Crippen LogP contribution in [0.1, 0.15) is 12.5 Å². The smallest absolute Gasteiger partial charge is 0.238 e. The predicted octanol–water partition coefficient (Wildman–Crippen LogP) is 1.88. The van der Waals surface area contributed by atoms with E-state index < -0.39 is 5.79 Å². The number of aromatic hydroxyl groups is 1. The third kappa shape index (κ3) is 2.33. The molecule has 1 unspecified atom stereocenters. The molecule has 80 valence electrons. The van der Waals surface area contributed by atoms with Crippen molar-refractivity contribution in [3.63, 3.8) is 0 Å². The van der Waals surface area contributed by atoms with E-state index in [2.05, 4.69) is 4.99 Å². The molecule has 4 nitrogen and oxygen atoms in total. The minimum absolute atomic E-state index is 0.0200. The number of hydrogen-bond acceptors (Lipinski definition) is 4. The first-order valence-corrected chi connectivity index (χ1v) is 4.16. The number of carbonyl (C=O) groups excluding carboxylic acids is 1. The number of halogens is 1. The Bertz CT molecular complexity index is 411. The summed E-state index contributed by atoms with van der Waals surface area (Å²) in [6.45, 7) is 1.08. The fraction of sp³-hybridized carbons (Fsp3) is 0.300. The molecule has 0 radical (unpaired) electrons. The summed E-state index contributed by atoms with van der Waals surface area (Å²) in [5.41, 5.74) is -0.0200. The minimum Gasteiger partial charge on any atom is -0.508 e. The van der Waals surface area contributed by atoms with Crippen LogP contribution in [0.2, 0.25) is 0 Å². The molecule has 0 aliphatic carbocycles. The van der Waals surface area contributed by atoms with E-state index in [0.717, 1.165) is 19.1 Å². The van der Waals surface area contributed by atoms with E-state index in [1.165, 1.54) is 19.2 Å². The molecule has 1 aromatic rings. The molecular weight excluding hydrogens is 201 g/mol. The van der Waals surface area contributed by atoms with Crippen LogP contribution >= 0.6 is 0 Å². The van der Waals surface area contributed by atoms with Crippen LogP contribution in [0.4, 0.5) is 4.39 Å². The van der Waals surface area contributed by atoms with E-state index >= 15 is 0 Å². The Labute approximate surface area is 86.0 Å². The van der Waals surface area contributed by atoms with Gasteiger partial charge in [-0.1, -0.05) is 0 Å². The molecule has 5 heteroatoms. The summed E-state index contributed by atoms with van der Waals surface area (Å²) in [6.07, 6.45) is 1.14. The minimum atomic E-state index is -2.26. The fourth-order valence-electron chi connectivity index (χ4n) is 1.20. The van der Waals surface area contributed by atoms with E-state index in [4.69, 9.17) is 4.74 Å². The Kier molecular flexibility index (Phi) is 3.07. The second-order valence-corrected chi connectivity index (χ2v) is 3.04. The lowest BCUT2D eigenvalue weighted by atomic mass is 10.1. The number of rotatable bonds is 3. The van der Waals surface area contributed by atoms with Gasteiger partial charge in [-0.15, -0.1) is 0 Å². The Morgan fingerprint density at radius 3 is 2.80 bits per heavy atom. The van der Waals surface area contributed by atoms with Crippen LogP contribution in [0.5, 0.6) is 11.5 Å². The molecule has 1 N–H and O–H groups in total. The molecule has 0 aliphatic heterocycles. The first kappa shape index (κ1) is 11.2. The lowest BCUT2D eigenvalue weighted by Gasteiger charge is -2.17. The summed E-state index contributed by atoms with van der Waals surface area (Å²) >= 11 is 0. The van der Waals surface area contributed by atoms with Crippen molar-refractivity contribution < 1.29 is 19.0 Å². The van der Waals surface area contributed by atoms with Crippen LogP contribution in [0.15, 0.2) is 23.2 Å². The molecule has 0 saturated heterocycles. The number of methoxy groups -OCH3 is 1. The molecule has 0 aliphatic rings. The Hall–Kier alpha value is -1.87. The van der Waals surface area contributed by atoms with E-state index in [-0.39, 0.29) is 17.1 Å². The van der Waals surface area contributed by atoms with Gasteiger partial charge in [-0.3, -0.25) is 0 Å². The van der Waals surface area contributed by atoms with Gasteiger partial charge in [0.2, 0.25) is 11.9 Å². The number of isocyanates is 1. The maximum atomic E-state index is 13.8. The number of benzene rings is 1.